The minimum absolute atomic E-state index is 0.108. The van der Waals surface area contributed by atoms with Gasteiger partial charge in [0.15, 0.2) is 0 Å². The normalized spacial score (nSPS) is 11.1. The summed E-state index contributed by atoms with van der Waals surface area (Å²) in [6.45, 7) is 1.09. The van der Waals surface area contributed by atoms with Crippen LogP contribution in [0.3, 0.4) is 0 Å². The van der Waals surface area contributed by atoms with Crippen molar-refractivity contribution >= 4 is 38.9 Å². The van der Waals surface area contributed by atoms with E-state index < -0.39 is 28.3 Å². The lowest BCUT2D eigenvalue weighted by Gasteiger charge is -2.24. The molecule has 162 valence electrons. The zero-order chi connectivity index (χ0) is 22.6. The Bertz CT molecular complexity index is 1200. The number of hydrogen-bond acceptors (Lipinski definition) is 4. The highest BCUT2D eigenvalue weighted by atomic mass is 35.5. The van der Waals surface area contributed by atoms with E-state index in [9.17, 15) is 17.6 Å². The van der Waals surface area contributed by atoms with Gasteiger partial charge in [0, 0.05) is 10.7 Å². The minimum atomic E-state index is -4.26. The number of nitrogens with zero attached hydrogens (tertiary/aromatic N) is 1. The van der Waals surface area contributed by atoms with Gasteiger partial charge in [-0.1, -0.05) is 29.8 Å². The molecular weight excluding hydrogens is 443 g/mol. The lowest BCUT2D eigenvalue weighted by molar-refractivity contribution is -0.114. The largest absolute Gasteiger partial charge is 0.497 e. The molecule has 9 heteroatoms. The molecule has 0 fully saturated rings. The van der Waals surface area contributed by atoms with Crippen LogP contribution in [0.5, 0.6) is 5.75 Å². The molecule has 0 atom stereocenters. The number of sulfonamides is 1. The van der Waals surface area contributed by atoms with Crippen LogP contribution in [0.2, 0.25) is 5.02 Å². The molecule has 0 saturated heterocycles. The van der Waals surface area contributed by atoms with Crippen molar-refractivity contribution in [2.75, 3.05) is 23.3 Å². The zero-order valence-electron chi connectivity index (χ0n) is 16.8. The number of rotatable bonds is 7. The maximum absolute atomic E-state index is 14.5. The Morgan fingerprint density at radius 2 is 1.74 bits per heavy atom. The number of hydrogen-bond donors (Lipinski definition) is 1. The van der Waals surface area contributed by atoms with Crippen molar-refractivity contribution in [1.82, 2.24) is 0 Å². The number of amides is 1. The van der Waals surface area contributed by atoms with Gasteiger partial charge in [0.1, 0.15) is 18.1 Å². The number of methoxy groups -OCH3 is 1. The van der Waals surface area contributed by atoms with Gasteiger partial charge in [-0.3, -0.25) is 9.10 Å². The van der Waals surface area contributed by atoms with Gasteiger partial charge in [0.25, 0.3) is 10.0 Å². The Hall–Kier alpha value is -3.10. The second-order valence-electron chi connectivity index (χ2n) is 6.60. The van der Waals surface area contributed by atoms with Crippen LogP contribution in [0.4, 0.5) is 15.8 Å². The van der Waals surface area contributed by atoms with Crippen molar-refractivity contribution in [3.8, 4) is 5.75 Å². The molecule has 0 aromatic heterocycles. The van der Waals surface area contributed by atoms with E-state index in [-0.39, 0.29) is 10.6 Å². The number of carbonyl (C=O) groups is 1. The summed E-state index contributed by atoms with van der Waals surface area (Å²) in [5.74, 6) is -0.956. The molecule has 0 aliphatic heterocycles. The maximum Gasteiger partial charge on any atom is 0.264 e. The van der Waals surface area contributed by atoms with Crippen molar-refractivity contribution in [1.29, 1.82) is 0 Å². The summed E-state index contributed by atoms with van der Waals surface area (Å²) in [5, 5.41) is 3.09. The number of anilines is 2. The van der Waals surface area contributed by atoms with Crippen molar-refractivity contribution in [2.45, 2.75) is 11.8 Å². The highest BCUT2D eigenvalue weighted by molar-refractivity contribution is 7.92. The maximum atomic E-state index is 14.5. The fourth-order valence-corrected chi connectivity index (χ4v) is 4.49. The van der Waals surface area contributed by atoms with E-state index in [2.05, 4.69) is 5.32 Å². The zero-order valence-corrected chi connectivity index (χ0v) is 18.4. The lowest BCUT2D eigenvalue weighted by atomic mass is 10.2. The summed E-state index contributed by atoms with van der Waals surface area (Å²) in [6.07, 6.45) is 0. The van der Waals surface area contributed by atoms with E-state index in [1.54, 1.807) is 25.1 Å². The first-order valence-electron chi connectivity index (χ1n) is 9.20. The Kier molecular flexibility index (Phi) is 6.82. The third-order valence-corrected chi connectivity index (χ3v) is 6.78. The van der Waals surface area contributed by atoms with Gasteiger partial charge in [-0.05, 0) is 61.0 Å². The van der Waals surface area contributed by atoms with Gasteiger partial charge in [-0.25, -0.2) is 12.8 Å². The van der Waals surface area contributed by atoms with E-state index >= 15 is 0 Å². The molecule has 0 radical (unpaired) electrons. The van der Waals surface area contributed by atoms with Gasteiger partial charge in [0.05, 0.1) is 17.7 Å². The molecule has 0 aliphatic rings. The molecule has 0 unspecified atom stereocenters. The van der Waals surface area contributed by atoms with Crippen LogP contribution in [-0.2, 0) is 14.8 Å². The van der Waals surface area contributed by atoms with E-state index in [4.69, 9.17) is 16.3 Å². The Balaban J connectivity index is 1.97. The van der Waals surface area contributed by atoms with Crippen LogP contribution in [0.15, 0.2) is 71.6 Å². The first kappa shape index (κ1) is 22.6. The summed E-state index contributed by atoms with van der Waals surface area (Å²) in [7, 11) is -2.80. The van der Waals surface area contributed by atoms with E-state index in [0.29, 0.717) is 22.0 Å². The summed E-state index contributed by atoms with van der Waals surface area (Å²) in [6, 6.07) is 16.0. The molecule has 0 saturated carbocycles. The van der Waals surface area contributed by atoms with Crippen LogP contribution in [0, 0.1) is 12.7 Å². The van der Waals surface area contributed by atoms with Crippen LogP contribution in [0.1, 0.15) is 5.56 Å². The molecule has 3 aromatic rings. The smallest absolute Gasteiger partial charge is 0.264 e. The molecular formula is C22H20ClFN2O4S. The third-order valence-electron chi connectivity index (χ3n) is 4.60. The number of nitrogens with one attached hydrogen (secondary N) is 1. The van der Waals surface area contributed by atoms with Crippen LogP contribution in [0.25, 0.3) is 0 Å². The average molecular weight is 463 g/mol. The molecule has 3 aromatic carbocycles. The molecule has 0 bridgehead atoms. The topological polar surface area (TPSA) is 75.7 Å². The molecule has 31 heavy (non-hydrogen) atoms. The Morgan fingerprint density at radius 3 is 2.39 bits per heavy atom. The highest BCUT2D eigenvalue weighted by Gasteiger charge is 2.29. The quantitative estimate of drug-likeness (QED) is 0.555. The number of ether oxygens (including phenoxy) is 1. The van der Waals surface area contributed by atoms with Gasteiger partial charge >= 0.3 is 0 Å². The molecule has 0 heterocycles. The van der Waals surface area contributed by atoms with Crippen LogP contribution < -0.4 is 14.4 Å². The standard InChI is InChI=1S/C22H20ClFN2O4S/c1-15-18(23)6-5-8-20(15)25-22(27)14-26(21-9-4-3-7-19(21)24)31(28,29)17-12-10-16(30-2)11-13-17/h3-13H,14H2,1-2H3,(H,25,27). The molecule has 0 spiro atoms. The van der Waals surface area contributed by atoms with Gasteiger partial charge in [-0.15, -0.1) is 0 Å². The van der Waals surface area contributed by atoms with Gasteiger partial charge < -0.3 is 10.1 Å². The summed E-state index contributed by atoms with van der Waals surface area (Å²) in [5.41, 5.74) is 0.831. The monoisotopic (exact) mass is 462 g/mol. The van der Waals surface area contributed by atoms with Crippen LogP contribution in [-0.4, -0.2) is 28.0 Å². The number of carbonyl (C=O) groups excluding carboxylic acids is 1. The first-order valence-corrected chi connectivity index (χ1v) is 11.0. The molecule has 6 nitrogen and oxygen atoms in total. The fourth-order valence-electron chi connectivity index (χ4n) is 2.89. The first-order chi connectivity index (χ1) is 14.7. The predicted octanol–water partition coefficient (Wildman–Crippen LogP) is 4.63. The summed E-state index contributed by atoms with van der Waals surface area (Å²) < 4.78 is 46.9. The fraction of sp³-hybridized carbons (Fsp3) is 0.136. The Morgan fingerprint density at radius 1 is 1.06 bits per heavy atom. The second-order valence-corrected chi connectivity index (χ2v) is 8.87. The number of halogens is 2. The third kappa shape index (κ3) is 4.98. The van der Waals surface area contributed by atoms with Gasteiger partial charge in [-0.2, -0.15) is 0 Å². The lowest BCUT2D eigenvalue weighted by Crippen LogP contribution is -2.38. The molecule has 1 amide bonds. The number of para-hydroxylation sites is 1. The molecule has 3 rings (SSSR count). The summed E-state index contributed by atoms with van der Waals surface area (Å²) >= 11 is 6.08. The summed E-state index contributed by atoms with van der Waals surface area (Å²) in [4.78, 5) is 12.6. The van der Waals surface area contributed by atoms with E-state index in [1.165, 1.54) is 49.6 Å². The van der Waals surface area contributed by atoms with Gasteiger partial charge in [0.2, 0.25) is 5.91 Å². The SMILES string of the molecule is COc1ccc(S(=O)(=O)N(CC(=O)Nc2cccc(Cl)c2C)c2ccccc2F)cc1. The molecule has 0 aliphatic carbocycles. The van der Waals surface area contributed by atoms with Crippen LogP contribution >= 0.6 is 11.6 Å². The van der Waals surface area contributed by atoms with E-state index in [1.807, 2.05) is 0 Å². The van der Waals surface area contributed by atoms with E-state index in [0.717, 1.165) is 10.4 Å². The van der Waals surface area contributed by atoms with Crippen molar-refractivity contribution in [2.24, 2.45) is 0 Å². The second kappa shape index (κ2) is 9.36. The van der Waals surface area contributed by atoms with Crippen molar-refractivity contribution in [3.63, 3.8) is 0 Å². The average Bonchev–Trinajstić information content (AvgIpc) is 2.76. The highest BCUT2D eigenvalue weighted by Crippen LogP contribution is 2.28. The van der Waals surface area contributed by atoms with Crippen molar-refractivity contribution in [3.05, 3.63) is 83.1 Å². The molecule has 1 N–H and O–H groups in total. The Labute approximate surface area is 185 Å². The predicted molar refractivity (Wildman–Crippen MR) is 119 cm³/mol. The van der Waals surface area contributed by atoms with Crippen molar-refractivity contribution < 1.29 is 22.3 Å². The minimum Gasteiger partial charge on any atom is -0.497 e. The number of benzene rings is 3.